The van der Waals surface area contributed by atoms with Gasteiger partial charge in [0.15, 0.2) is 0 Å². The molecule has 0 aromatic rings. The van der Waals surface area contributed by atoms with E-state index in [0.29, 0.717) is 0 Å². The van der Waals surface area contributed by atoms with E-state index in [4.69, 9.17) is 0 Å². The zero-order valence-corrected chi connectivity index (χ0v) is 7.78. The highest BCUT2D eigenvalue weighted by atomic mass is 15.0. The molecule has 1 atom stereocenters. The van der Waals surface area contributed by atoms with Gasteiger partial charge < -0.3 is 5.32 Å². The highest BCUT2D eigenvalue weighted by Crippen LogP contribution is 2.12. The fourth-order valence-corrected chi connectivity index (χ4v) is 1.12. The van der Waals surface area contributed by atoms with Gasteiger partial charge >= 0.3 is 0 Å². The van der Waals surface area contributed by atoms with E-state index in [0.717, 1.165) is 12.0 Å². The fourth-order valence-electron chi connectivity index (χ4n) is 1.12. The van der Waals surface area contributed by atoms with Crippen molar-refractivity contribution in [2.45, 2.75) is 46.6 Å². The molecule has 0 aliphatic carbocycles. The summed E-state index contributed by atoms with van der Waals surface area (Å²) >= 11 is 0. The van der Waals surface area contributed by atoms with Crippen molar-refractivity contribution in [3.63, 3.8) is 0 Å². The van der Waals surface area contributed by atoms with Crippen LogP contribution in [0.15, 0.2) is 0 Å². The van der Waals surface area contributed by atoms with Gasteiger partial charge in [-0.25, -0.2) is 0 Å². The van der Waals surface area contributed by atoms with E-state index in [2.05, 4.69) is 19.2 Å². The molecule has 1 heteroatoms. The van der Waals surface area contributed by atoms with Crippen molar-refractivity contribution >= 4 is 0 Å². The summed E-state index contributed by atoms with van der Waals surface area (Å²) in [7, 11) is 0. The van der Waals surface area contributed by atoms with Crippen LogP contribution >= 0.6 is 0 Å². The van der Waals surface area contributed by atoms with Crippen molar-refractivity contribution in [2.24, 2.45) is 5.92 Å². The Morgan fingerprint density at radius 3 is 2.00 bits per heavy atom. The monoisotopic (exact) mass is 143 g/mol. The van der Waals surface area contributed by atoms with Gasteiger partial charge in [-0.05, 0) is 25.3 Å². The molecule has 0 spiro atoms. The first-order valence-electron chi connectivity index (χ1n) is 4.52. The van der Waals surface area contributed by atoms with E-state index in [9.17, 15) is 0 Å². The zero-order valence-electron chi connectivity index (χ0n) is 7.78. The van der Waals surface area contributed by atoms with Crippen molar-refractivity contribution in [2.75, 3.05) is 6.54 Å². The molecular formula is C9H21N. The van der Waals surface area contributed by atoms with Gasteiger partial charge in [-0.1, -0.05) is 27.7 Å². The van der Waals surface area contributed by atoms with Crippen LogP contribution < -0.4 is 5.32 Å². The summed E-state index contributed by atoms with van der Waals surface area (Å²) in [6.45, 7) is 9.80. The van der Waals surface area contributed by atoms with Crippen molar-refractivity contribution in [3.8, 4) is 0 Å². The summed E-state index contributed by atoms with van der Waals surface area (Å²) in [5.41, 5.74) is 0. The number of nitrogens with one attached hydrogen (secondary N) is 1. The SMILES string of the molecule is CC.CC(C)CC1CCN1. The average molecular weight is 143 g/mol. The Labute approximate surface area is 65.2 Å². The minimum Gasteiger partial charge on any atom is -0.314 e. The molecule has 1 unspecified atom stereocenters. The van der Waals surface area contributed by atoms with Gasteiger partial charge in [-0.3, -0.25) is 0 Å². The third-order valence-electron chi connectivity index (χ3n) is 1.68. The van der Waals surface area contributed by atoms with E-state index in [-0.39, 0.29) is 0 Å². The maximum absolute atomic E-state index is 3.38. The van der Waals surface area contributed by atoms with Crippen LogP contribution in [-0.4, -0.2) is 12.6 Å². The highest BCUT2D eigenvalue weighted by molar-refractivity contribution is 4.77. The minimum absolute atomic E-state index is 0.856. The van der Waals surface area contributed by atoms with Crippen molar-refractivity contribution in [1.29, 1.82) is 0 Å². The maximum atomic E-state index is 3.38. The second-order valence-corrected chi connectivity index (χ2v) is 3.07. The maximum Gasteiger partial charge on any atom is 0.00815 e. The molecule has 10 heavy (non-hydrogen) atoms. The quantitative estimate of drug-likeness (QED) is 0.626. The van der Waals surface area contributed by atoms with Crippen LogP contribution in [0.25, 0.3) is 0 Å². The van der Waals surface area contributed by atoms with E-state index >= 15 is 0 Å². The molecule has 62 valence electrons. The van der Waals surface area contributed by atoms with Gasteiger partial charge in [0.25, 0.3) is 0 Å². The van der Waals surface area contributed by atoms with Crippen LogP contribution in [0.3, 0.4) is 0 Å². The van der Waals surface area contributed by atoms with Gasteiger partial charge in [0, 0.05) is 6.04 Å². The summed E-state index contributed by atoms with van der Waals surface area (Å²) in [5.74, 6) is 0.868. The lowest BCUT2D eigenvalue weighted by Gasteiger charge is -2.28. The van der Waals surface area contributed by atoms with Crippen LogP contribution in [0.1, 0.15) is 40.5 Å². The predicted octanol–water partition coefficient (Wildman–Crippen LogP) is 2.42. The number of rotatable bonds is 2. The summed E-state index contributed by atoms with van der Waals surface area (Å²) in [6, 6.07) is 0.856. The Balaban J connectivity index is 0.000000371. The first-order valence-corrected chi connectivity index (χ1v) is 4.52. The van der Waals surface area contributed by atoms with Gasteiger partial charge in [-0.15, -0.1) is 0 Å². The molecule has 0 radical (unpaired) electrons. The highest BCUT2D eigenvalue weighted by Gasteiger charge is 2.16. The molecule has 0 aromatic carbocycles. The molecule has 1 heterocycles. The first-order chi connectivity index (χ1) is 4.79. The Kier molecular flexibility index (Phi) is 5.70. The topological polar surface area (TPSA) is 12.0 Å². The molecule has 1 fully saturated rings. The Morgan fingerprint density at radius 1 is 1.40 bits per heavy atom. The molecule has 1 nitrogen and oxygen atoms in total. The summed E-state index contributed by atoms with van der Waals surface area (Å²) in [4.78, 5) is 0. The minimum atomic E-state index is 0.856. The molecule has 1 N–H and O–H groups in total. The normalized spacial score (nSPS) is 23.1. The molecule has 1 rings (SSSR count). The average Bonchev–Trinajstić information content (AvgIpc) is 1.84. The summed E-state index contributed by atoms with van der Waals surface area (Å²) in [5, 5.41) is 3.38. The van der Waals surface area contributed by atoms with Crippen molar-refractivity contribution < 1.29 is 0 Å². The molecule has 0 saturated carbocycles. The fraction of sp³-hybridized carbons (Fsp3) is 1.00. The lowest BCUT2D eigenvalue weighted by molar-refractivity contribution is 0.316. The van der Waals surface area contributed by atoms with E-state index in [1.807, 2.05) is 13.8 Å². The second-order valence-electron chi connectivity index (χ2n) is 3.07. The first kappa shape index (κ1) is 9.96. The molecule has 0 amide bonds. The van der Waals surface area contributed by atoms with Crippen LogP contribution in [0.2, 0.25) is 0 Å². The van der Waals surface area contributed by atoms with Crippen LogP contribution in [0.5, 0.6) is 0 Å². The van der Waals surface area contributed by atoms with E-state index in [1.165, 1.54) is 19.4 Å². The summed E-state index contributed by atoms with van der Waals surface area (Å²) in [6.07, 6.45) is 2.76. The largest absolute Gasteiger partial charge is 0.314 e. The zero-order chi connectivity index (χ0) is 7.98. The summed E-state index contributed by atoms with van der Waals surface area (Å²) < 4.78 is 0. The lowest BCUT2D eigenvalue weighted by atomic mass is 9.96. The molecule has 1 aliphatic rings. The van der Waals surface area contributed by atoms with Crippen molar-refractivity contribution in [1.82, 2.24) is 5.32 Å². The van der Waals surface area contributed by atoms with E-state index in [1.54, 1.807) is 0 Å². The third-order valence-corrected chi connectivity index (χ3v) is 1.68. The lowest BCUT2D eigenvalue weighted by Crippen LogP contribution is -2.43. The predicted molar refractivity (Wildman–Crippen MR) is 47.2 cm³/mol. The number of hydrogen-bond donors (Lipinski definition) is 1. The third kappa shape index (κ3) is 3.89. The van der Waals surface area contributed by atoms with Crippen LogP contribution in [0.4, 0.5) is 0 Å². The Bertz CT molecular complexity index is 65.1. The van der Waals surface area contributed by atoms with Gasteiger partial charge in [-0.2, -0.15) is 0 Å². The molecule has 1 saturated heterocycles. The van der Waals surface area contributed by atoms with Crippen molar-refractivity contribution in [3.05, 3.63) is 0 Å². The van der Waals surface area contributed by atoms with Crippen LogP contribution in [0, 0.1) is 5.92 Å². The van der Waals surface area contributed by atoms with Crippen LogP contribution in [-0.2, 0) is 0 Å². The smallest absolute Gasteiger partial charge is 0.00815 e. The van der Waals surface area contributed by atoms with E-state index < -0.39 is 0 Å². The van der Waals surface area contributed by atoms with Gasteiger partial charge in [0.1, 0.15) is 0 Å². The standard InChI is InChI=1S/C7H15N.C2H6/c1-6(2)5-7-3-4-8-7;1-2/h6-8H,3-5H2,1-2H3;1-2H3. The molecular weight excluding hydrogens is 122 g/mol. The number of hydrogen-bond acceptors (Lipinski definition) is 1. The van der Waals surface area contributed by atoms with Gasteiger partial charge in [0.05, 0.1) is 0 Å². The Morgan fingerprint density at radius 2 is 1.90 bits per heavy atom. The molecule has 0 aromatic heterocycles. The molecule has 0 bridgehead atoms. The molecule has 1 aliphatic heterocycles. The Hall–Kier alpha value is -0.0400. The van der Waals surface area contributed by atoms with Gasteiger partial charge in [0.2, 0.25) is 0 Å². The second kappa shape index (κ2) is 5.72.